The molecule has 21 heavy (non-hydrogen) atoms. The molecular formula is C17H26N2O2. The van der Waals surface area contributed by atoms with E-state index in [9.17, 15) is 4.79 Å². The molecule has 1 saturated heterocycles. The summed E-state index contributed by atoms with van der Waals surface area (Å²) in [7, 11) is 0. The Bertz CT molecular complexity index is 437. The molecule has 2 N–H and O–H groups in total. The van der Waals surface area contributed by atoms with Crippen molar-refractivity contribution in [1.29, 1.82) is 0 Å². The van der Waals surface area contributed by atoms with Crippen LogP contribution >= 0.6 is 0 Å². The molecule has 4 heteroatoms. The Morgan fingerprint density at radius 2 is 1.90 bits per heavy atom. The Morgan fingerprint density at radius 3 is 2.52 bits per heavy atom. The van der Waals surface area contributed by atoms with Gasteiger partial charge in [-0.3, -0.25) is 4.79 Å². The number of ether oxygens (including phenoxy) is 1. The molecule has 0 radical (unpaired) electrons. The van der Waals surface area contributed by atoms with Crippen LogP contribution in [0.1, 0.15) is 49.4 Å². The van der Waals surface area contributed by atoms with Gasteiger partial charge in [-0.15, -0.1) is 0 Å². The second-order valence-corrected chi connectivity index (χ2v) is 5.71. The van der Waals surface area contributed by atoms with Crippen LogP contribution in [0.3, 0.4) is 0 Å². The third-order valence-electron chi connectivity index (χ3n) is 3.94. The predicted molar refractivity (Wildman–Crippen MR) is 84.6 cm³/mol. The van der Waals surface area contributed by atoms with Crippen LogP contribution in [0.2, 0.25) is 0 Å². The van der Waals surface area contributed by atoms with Gasteiger partial charge in [0.15, 0.2) is 0 Å². The summed E-state index contributed by atoms with van der Waals surface area (Å²) in [5, 5.41) is 0. The highest BCUT2D eigenvalue weighted by Gasteiger charge is 2.21. The number of hydrogen-bond donors (Lipinski definition) is 1. The first-order chi connectivity index (χ1) is 10.2. The van der Waals surface area contributed by atoms with E-state index in [0.717, 1.165) is 50.3 Å². The number of nitrogens with two attached hydrogens (primary N) is 1. The number of amides is 1. The summed E-state index contributed by atoms with van der Waals surface area (Å²) in [6.07, 6.45) is 5.24. The molecule has 0 bridgehead atoms. The van der Waals surface area contributed by atoms with Gasteiger partial charge in [0.2, 0.25) is 0 Å². The molecule has 1 aromatic rings. The molecule has 1 heterocycles. The van der Waals surface area contributed by atoms with Gasteiger partial charge >= 0.3 is 0 Å². The van der Waals surface area contributed by atoms with Gasteiger partial charge in [0.1, 0.15) is 5.75 Å². The summed E-state index contributed by atoms with van der Waals surface area (Å²) in [6.45, 7) is 4.43. The molecule has 1 aliphatic heterocycles. The molecule has 0 spiro atoms. The lowest BCUT2D eigenvalue weighted by Gasteiger charge is -2.30. The minimum atomic E-state index is 0.0967. The summed E-state index contributed by atoms with van der Waals surface area (Å²) in [4.78, 5) is 14.3. The zero-order valence-electron chi connectivity index (χ0n) is 12.9. The van der Waals surface area contributed by atoms with Crippen molar-refractivity contribution in [2.24, 2.45) is 5.73 Å². The number of carbonyl (C=O) groups is 1. The highest BCUT2D eigenvalue weighted by molar-refractivity contribution is 5.94. The Balaban J connectivity index is 1.85. The highest BCUT2D eigenvalue weighted by atomic mass is 16.5. The molecule has 1 aromatic carbocycles. The maximum absolute atomic E-state index is 12.4. The minimum Gasteiger partial charge on any atom is -0.494 e. The maximum Gasteiger partial charge on any atom is 0.253 e. The Morgan fingerprint density at radius 1 is 1.24 bits per heavy atom. The first-order valence-electron chi connectivity index (χ1n) is 7.98. The van der Waals surface area contributed by atoms with Crippen LogP contribution < -0.4 is 10.5 Å². The van der Waals surface area contributed by atoms with Gasteiger partial charge in [-0.05, 0) is 43.5 Å². The smallest absolute Gasteiger partial charge is 0.253 e. The predicted octanol–water partition coefficient (Wildman–Crippen LogP) is 2.82. The van der Waals surface area contributed by atoms with Crippen molar-refractivity contribution in [3.05, 3.63) is 29.8 Å². The number of benzene rings is 1. The van der Waals surface area contributed by atoms with Crippen molar-refractivity contribution in [2.75, 3.05) is 19.7 Å². The summed E-state index contributed by atoms with van der Waals surface area (Å²) in [5.41, 5.74) is 6.60. The van der Waals surface area contributed by atoms with E-state index in [0.29, 0.717) is 0 Å². The zero-order chi connectivity index (χ0) is 15.1. The number of nitrogens with zero attached hydrogens (tertiary/aromatic N) is 1. The van der Waals surface area contributed by atoms with Crippen LogP contribution in [0.5, 0.6) is 5.75 Å². The van der Waals surface area contributed by atoms with Crippen molar-refractivity contribution < 1.29 is 9.53 Å². The van der Waals surface area contributed by atoms with E-state index in [2.05, 4.69) is 6.92 Å². The fourth-order valence-corrected chi connectivity index (χ4v) is 2.52. The van der Waals surface area contributed by atoms with Gasteiger partial charge < -0.3 is 15.4 Å². The van der Waals surface area contributed by atoms with E-state index in [1.807, 2.05) is 29.2 Å². The average Bonchev–Trinajstić information content (AvgIpc) is 2.52. The Hall–Kier alpha value is -1.55. The van der Waals surface area contributed by atoms with Crippen LogP contribution in [-0.4, -0.2) is 36.5 Å². The summed E-state index contributed by atoms with van der Waals surface area (Å²) < 4.78 is 5.66. The Labute approximate surface area is 127 Å². The van der Waals surface area contributed by atoms with E-state index >= 15 is 0 Å². The van der Waals surface area contributed by atoms with E-state index in [1.165, 1.54) is 12.8 Å². The van der Waals surface area contributed by atoms with Crippen molar-refractivity contribution in [1.82, 2.24) is 4.90 Å². The van der Waals surface area contributed by atoms with E-state index in [-0.39, 0.29) is 11.9 Å². The van der Waals surface area contributed by atoms with Crippen LogP contribution in [0.4, 0.5) is 0 Å². The number of hydrogen-bond acceptors (Lipinski definition) is 3. The fraction of sp³-hybridized carbons (Fsp3) is 0.588. The molecule has 0 atom stereocenters. The van der Waals surface area contributed by atoms with Crippen molar-refractivity contribution in [3.63, 3.8) is 0 Å². The lowest BCUT2D eigenvalue weighted by atomic mass is 10.0. The first kappa shape index (κ1) is 15.8. The molecule has 1 fully saturated rings. The van der Waals surface area contributed by atoms with Crippen molar-refractivity contribution in [3.8, 4) is 5.75 Å². The monoisotopic (exact) mass is 290 g/mol. The Kier molecular flexibility index (Phi) is 6.05. The van der Waals surface area contributed by atoms with Gasteiger partial charge in [-0.25, -0.2) is 0 Å². The normalized spacial score (nSPS) is 16.0. The van der Waals surface area contributed by atoms with Crippen LogP contribution in [-0.2, 0) is 0 Å². The van der Waals surface area contributed by atoms with Crippen molar-refractivity contribution >= 4 is 5.91 Å². The lowest BCUT2D eigenvalue weighted by Crippen LogP contribution is -2.42. The lowest BCUT2D eigenvalue weighted by molar-refractivity contribution is 0.0714. The van der Waals surface area contributed by atoms with Crippen LogP contribution in [0, 0.1) is 0 Å². The largest absolute Gasteiger partial charge is 0.494 e. The number of rotatable bonds is 6. The second kappa shape index (κ2) is 8.03. The standard InChI is InChI=1S/C17H26N2O2/c1-2-3-4-13-21-16-7-5-14(6-8-16)17(20)19-11-9-15(18)10-12-19/h5-8,15H,2-4,9-13,18H2,1H3. The van der Waals surface area contributed by atoms with Gasteiger partial charge in [-0.2, -0.15) is 0 Å². The molecule has 1 amide bonds. The van der Waals surface area contributed by atoms with Crippen molar-refractivity contribution in [2.45, 2.75) is 45.1 Å². The maximum atomic E-state index is 12.4. The summed E-state index contributed by atoms with van der Waals surface area (Å²) in [6, 6.07) is 7.72. The highest BCUT2D eigenvalue weighted by Crippen LogP contribution is 2.16. The quantitative estimate of drug-likeness (QED) is 0.820. The van der Waals surface area contributed by atoms with Crippen LogP contribution in [0.25, 0.3) is 0 Å². The summed E-state index contributed by atoms with van der Waals surface area (Å²) in [5.74, 6) is 0.933. The van der Waals surface area contributed by atoms with E-state index in [1.54, 1.807) is 0 Å². The second-order valence-electron chi connectivity index (χ2n) is 5.71. The molecule has 0 aromatic heterocycles. The number of unbranched alkanes of at least 4 members (excludes halogenated alkanes) is 2. The van der Waals surface area contributed by atoms with E-state index in [4.69, 9.17) is 10.5 Å². The molecule has 116 valence electrons. The molecule has 1 aliphatic rings. The molecule has 2 rings (SSSR count). The van der Waals surface area contributed by atoms with Gasteiger partial charge in [0.25, 0.3) is 5.91 Å². The van der Waals surface area contributed by atoms with E-state index < -0.39 is 0 Å². The number of piperidine rings is 1. The number of likely N-dealkylation sites (tertiary alicyclic amines) is 1. The third kappa shape index (κ3) is 4.74. The third-order valence-corrected chi connectivity index (χ3v) is 3.94. The number of carbonyl (C=O) groups excluding carboxylic acids is 1. The molecule has 0 saturated carbocycles. The SMILES string of the molecule is CCCCCOc1ccc(C(=O)N2CCC(N)CC2)cc1. The molecule has 4 nitrogen and oxygen atoms in total. The molecule has 0 aliphatic carbocycles. The molecule has 0 unspecified atom stereocenters. The fourth-order valence-electron chi connectivity index (χ4n) is 2.52. The minimum absolute atomic E-state index is 0.0967. The van der Waals surface area contributed by atoms with Gasteiger partial charge in [-0.1, -0.05) is 19.8 Å². The van der Waals surface area contributed by atoms with Crippen LogP contribution in [0.15, 0.2) is 24.3 Å². The molecular weight excluding hydrogens is 264 g/mol. The topological polar surface area (TPSA) is 55.6 Å². The van der Waals surface area contributed by atoms with Gasteiger partial charge in [0, 0.05) is 24.7 Å². The summed E-state index contributed by atoms with van der Waals surface area (Å²) >= 11 is 0. The average molecular weight is 290 g/mol. The first-order valence-corrected chi connectivity index (χ1v) is 7.98. The zero-order valence-corrected chi connectivity index (χ0v) is 12.9. The van der Waals surface area contributed by atoms with Gasteiger partial charge in [0.05, 0.1) is 6.61 Å².